The van der Waals surface area contributed by atoms with E-state index in [0.717, 1.165) is 12.1 Å². The summed E-state index contributed by atoms with van der Waals surface area (Å²) in [5.41, 5.74) is 0.962. The number of aryl methyl sites for hydroxylation is 1. The van der Waals surface area contributed by atoms with Gasteiger partial charge in [0, 0.05) is 6.07 Å². The normalized spacial score (nSPS) is 11.4. The highest BCUT2D eigenvalue weighted by atomic mass is 19.4. The fourth-order valence-corrected chi connectivity index (χ4v) is 2.45. The van der Waals surface area contributed by atoms with Crippen LogP contribution >= 0.6 is 0 Å². The fourth-order valence-electron chi connectivity index (χ4n) is 2.45. The third-order valence-electron chi connectivity index (χ3n) is 3.70. The van der Waals surface area contributed by atoms with Crippen LogP contribution in [0, 0.1) is 6.92 Å². The number of rotatable bonds is 4. The Labute approximate surface area is 147 Å². The number of hydrogen-bond donors (Lipinski definition) is 0. The summed E-state index contributed by atoms with van der Waals surface area (Å²) < 4.78 is 48.2. The molecule has 0 radical (unpaired) electrons. The number of aromatic nitrogens is 1. The van der Waals surface area contributed by atoms with Crippen molar-refractivity contribution in [2.24, 2.45) is 0 Å². The minimum atomic E-state index is -4.41. The zero-order valence-electron chi connectivity index (χ0n) is 13.7. The van der Waals surface area contributed by atoms with E-state index >= 15 is 0 Å². The second-order valence-electron chi connectivity index (χ2n) is 5.63. The lowest BCUT2D eigenvalue weighted by atomic mass is 9.98. The molecule has 0 amide bonds. The maximum Gasteiger partial charge on any atom is 0.416 e. The van der Waals surface area contributed by atoms with E-state index in [-0.39, 0.29) is 12.2 Å². The van der Waals surface area contributed by atoms with Gasteiger partial charge in [0.1, 0.15) is 18.1 Å². The summed E-state index contributed by atoms with van der Waals surface area (Å²) in [6.45, 7) is 1.66. The monoisotopic (exact) mass is 361 g/mol. The molecule has 0 aliphatic carbocycles. The number of ether oxygens (including phenoxy) is 1. The van der Waals surface area contributed by atoms with E-state index in [0.29, 0.717) is 22.6 Å². The van der Waals surface area contributed by atoms with Crippen LogP contribution in [0.2, 0.25) is 0 Å². The molecule has 2 aromatic carbocycles. The molecule has 0 saturated heterocycles. The lowest BCUT2D eigenvalue weighted by Crippen LogP contribution is -2.07. The molecule has 3 rings (SSSR count). The largest absolute Gasteiger partial charge is 0.455 e. The minimum absolute atomic E-state index is 0.0580. The molecule has 0 atom stereocenters. The Bertz CT molecular complexity index is 914. The van der Waals surface area contributed by atoms with Crippen molar-refractivity contribution in [3.8, 4) is 11.1 Å². The van der Waals surface area contributed by atoms with Crippen LogP contribution in [-0.4, -0.2) is 11.1 Å². The maximum atomic E-state index is 12.7. The first-order valence-corrected chi connectivity index (χ1v) is 7.70. The summed E-state index contributed by atoms with van der Waals surface area (Å²) >= 11 is 0. The van der Waals surface area contributed by atoms with Crippen LogP contribution < -0.4 is 0 Å². The van der Waals surface area contributed by atoms with E-state index in [4.69, 9.17) is 9.26 Å². The molecule has 26 heavy (non-hydrogen) atoms. The zero-order chi connectivity index (χ0) is 18.7. The average Bonchev–Trinajstić information content (AvgIpc) is 3.04. The van der Waals surface area contributed by atoms with E-state index in [2.05, 4.69) is 5.16 Å². The highest BCUT2D eigenvalue weighted by Gasteiger charge is 2.30. The number of carbonyl (C=O) groups excluding carboxylic acids is 1. The van der Waals surface area contributed by atoms with Gasteiger partial charge in [0.2, 0.25) is 0 Å². The third kappa shape index (κ3) is 3.93. The molecule has 0 N–H and O–H groups in total. The highest BCUT2D eigenvalue weighted by molar-refractivity contribution is 5.97. The molecule has 7 heteroatoms. The summed E-state index contributed by atoms with van der Waals surface area (Å²) in [7, 11) is 0. The molecule has 4 nitrogen and oxygen atoms in total. The predicted molar refractivity (Wildman–Crippen MR) is 87.2 cm³/mol. The van der Waals surface area contributed by atoms with Crippen LogP contribution in [0.4, 0.5) is 13.2 Å². The van der Waals surface area contributed by atoms with Crippen LogP contribution in [0.1, 0.15) is 27.4 Å². The Hall–Kier alpha value is -3.09. The van der Waals surface area contributed by atoms with Crippen molar-refractivity contribution in [2.45, 2.75) is 19.7 Å². The fraction of sp³-hybridized carbons (Fsp3) is 0.158. The first-order chi connectivity index (χ1) is 12.3. The molecule has 134 valence electrons. The van der Waals surface area contributed by atoms with Crippen LogP contribution in [0.5, 0.6) is 0 Å². The molecular formula is C19H14F3NO3. The van der Waals surface area contributed by atoms with Gasteiger partial charge in [-0.3, -0.25) is 0 Å². The number of alkyl halides is 3. The Balaban J connectivity index is 1.82. The molecular weight excluding hydrogens is 347 g/mol. The second kappa shape index (κ2) is 7.03. The van der Waals surface area contributed by atoms with Crippen LogP contribution in [0.3, 0.4) is 0 Å². The van der Waals surface area contributed by atoms with Crippen molar-refractivity contribution in [2.75, 3.05) is 0 Å². The van der Waals surface area contributed by atoms with Crippen LogP contribution in [-0.2, 0) is 17.5 Å². The van der Waals surface area contributed by atoms with Gasteiger partial charge in [0.05, 0.1) is 11.1 Å². The van der Waals surface area contributed by atoms with Gasteiger partial charge in [-0.05, 0) is 36.2 Å². The molecule has 3 aromatic rings. The molecule has 0 fully saturated rings. The van der Waals surface area contributed by atoms with Crippen molar-refractivity contribution >= 4 is 5.97 Å². The molecule has 0 bridgehead atoms. The second-order valence-corrected chi connectivity index (χ2v) is 5.63. The predicted octanol–water partition coefficient (Wildman–Crippen LogP) is 5.03. The highest BCUT2D eigenvalue weighted by Crippen LogP contribution is 2.32. The number of benzene rings is 2. The number of esters is 1. The van der Waals surface area contributed by atoms with Crippen LogP contribution in [0.15, 0.2) is 59.1 Å². The van der Waals surface area contributed by atoms with Crippen molar-refractivity contribution in [1.82, 2.24) is 5.16 Å². The molecule has 0 unspecified atom stereocenters. The van der Waals surface area contributed by atoms with Gasteiger partial charge in [-0.15, -0.1) is 0 Å². The Morgan fingerprint density at radius 1 is 1.12 bits per heavy atom. The number of nitrogens with zero attached hydrogens (tertiary/aromatic N) is 1. The van der Waals surface area contributed by atoms with Crippen molar-refractivity contribution in [3.05, 3.63) is 77.2 Å². The van der Waals surface area contributed by atoms with E-state index in [1.165, 1.54) is 12.1 Å². The third-order valence-corrected chi connectivity index (χ3v) is 3.70. The number of hydrogen-bond acceptors (Lipinski definition) is 4. The topological polar surface area (TPSA) is 52.3 Å². The van der Waals surface area contributed by atoms with Gasteiger partial charge < -0.3 is 9.26 Å². The Morgan fingerprint density at radius 3 is 2.42 bits per heavy atom. The van der Waals surface area contributed by atoms with E-state index in [9.17, 15) is 18.0 Å². The van der Waals surface area contributed by atoms with Crippen molar-refractivity contribution in [3.63, 3.8) is 0 Å². The molecule has 0 saturated carbocycles. The maximum absolute atomic E-state index is 12.7. The summed E-state index contributed by atoms with van der Waals surface area (Å²) in [6, 6.07) is 12.8. The van der Waals surface area contributed by atoms with Gasteiger partial charge in [-0.25, -0.2) is 4.79 Å². The molecule has 0 aliphatic rings. The van der Waals surface area contributed by atoms with Gasteiger partial charge in [0.15, 0.2) is 0 Å². The van der Waals surface area contributed by atoms with E-state index in [1.54, 1.807) is 37.3 Å². The van der Waals surface area contributed by atoms with E-state index in [1.807, 2.05) is 0 Å². The number of carbonyl (C=O) groups is 1. The SMILES string of the molecule is Cc1cc(COC(=O)c2ccccc2-c2ccc(C(F)(F)F)cc2)no1. The van der Waals surface area contributed by atoms with Gasteiger partial charge in [-0.1, -0.05) is 35.5 Å². The quantitative estimate of drug-likeness (QED) is 0.612. The summed E-state index contributed by atoms with van der Waals surface area (Å²) in [4.78, 5) is 12.4. The average molecular weight is 361 g/mol. The van der Waals surface area contributed by atoms with Crippen molar-refractivity contribution in [1.29, 1.82) is 0 Å². The molecule has 0 aliphatic heterocycles. The number of halogens is 3. The lowest BCUT2D eigenvalue weighted by molar-refractivity contribution is -0.137. The smallest absolute Gasteiger partial charge is 0.416 e. The summed E-state index contributed by atoms with van der Waals surface area (Å²) in [5.74, 6) is 0.00218. The van der Waals surface area contributed by atoms with Crippen LogP contribution in [0.25, 0.3) is 11.1 Å². The Morgan fingerprint density at radius 2 is 1.81 bits per heavy atom. The molecule has 1 heterocycles. The van der Waals surface area contributed by atoms with E-state index < -0.39 is 17.7 Å². The molecule has 0 spiro atoms. The van der Waals surface area contributed by atoms with Gasteiger partial charge in [-0.2, -0.15) is 13.2 Å². The summed E-state index contributed by atoms with van der Waals surface area (Å²) in [5, 5.41) is 3.74. The minimum Gasteiger partial charge on any atom is -0.455 e. The lowest BCUT2D eigenvalue weighted by Gasteiger charge is -2.11. The zero-order valence-corrected chi connectivity index (χ0v) is 13.7. The summed E-state index contributed by atoms with van der Waals surface area (Å²) in [6.07, 6.45) is -4.41. The van der Waals surface area contributed by atoms with Gasteiger partial charge >= 0.3 is 12.1 Å². The van der Waals surface area contributed by atoms with Gasteiger partial charge in [0.25, 0.3) is 0 Å². The Kier molecular flexibility index (Phi) is 4.79. The first kappa shape index (κ1) is 17.7. The molecule has 1 aromatic heterocycles. The first-order valence-electron chi connectivity index (χ1n) is 7.70. The standard InChI is InChI=1S/C19H14F3NO3/c1-12-10-15(23-26-12)11-25-18(24)17-5-3-2-4-16(17)13-6-8-14(9-7-13)19(20,21)22/h2-10H,11H2,1H3. The van der Waals surface area contributed by atoms with Crippen molar-refractivity contribution < 1.29 is 27.2 Å².